The highest BCUT2D eigenvalue weighted by molar-refractivity contribution is 7.90. The van der Waals surface area contributed by atoms with Gasteiger partial charge in [0.1, 0.15) is 5.82 Å². The Morgan fingerprint density at radius 2 is 1.87 bits per heavy atom. The molecule has 2 saturated heterocycles. The first-order valence-electron chi connectivity index (χ1n) is 13.7. The predicted octanol–water partition coefficient (Wildman–Crippen LogP) is 3.27. The number of hydrogen-bond donors (Lipinski definition) is 0. The summed E-state index contributed by atoms with van der Waals surface area (Å²) in [5, 5.41) is -0.0475. The van der Waals surface area contributed by atoms with Gasteiger partial charge >= 0.3 is 0 Å². The van der Waals surface area contributed by atoms with Crippen molar-refractivity contribution < 1.29 is 27.1 Å². The molecule has 0 unspecified atom stereocenters. The number of imidazole rings is 1. The number of rotatable bonds is 11. The minimum Gasteiger partial charge on any atom is -0.379 e. The molecule has 11 heteroatoms. The van der Waals surface area contributed by atoms with E-state index in [2.05, 4.69) is 9.88 Å². The lowest BCUT2D eigenvalue weighted by Gasteiger charge is -2.31. The third-order valence-corrected chi connectivity index (χ3v) is 8.63. The van der Waals surface area contributed by atoms with Gasteiger partial charge in [-0.25, -0.2) is 17.8 Å². The van der Waals surface area contributed by atoms with Gasteiger partial charge in [-0.3, -0.25) is 9.69 Å². The lowest BCUT2D eigenvalue weighted by Crippen LogP contribution is -2.43. The Morgan fingerprint density at radius 3 is 2.51 bits per heavy atom. The third-order valence-electron chi connectivity index (χ3n) is 7.04. The van der Waals surface area contributed by atoms with Crippen LogP contribution in [0.15, 0.2) is 35.6 Å². The maximum atomic E-state index is 13.5. The second-order valence-corrected chi connectivity index (χ2v) is 13.6. The molecule has 3 heterocycles. The molecule has 0 bridgehead atoms. The molecule has 0 aliphatic carbocycles. The first-order chi connectivity index (χ1) is 18.5. The average Bonchev–Trinajstić information content (AvgIpc) is 3.53. The minimum atomic E-state index is -3.84. The zero-order chi connectivity index (χ0) is 28.0. The van der Waals surface area contributed by atoms with E-state index in [9.17, 15) is 17.6 Å². The highest BCUT2D eigenvalue weighted by Crippen LogP contribution is 2.24. The van der Waals surface area contributed by atoms with E-state index in [1.807, 2.05) is 25.7 Å². The molecular formula is C28H41FN4O5S. The number of nitrogens with zero attached hydrogens (tertiary/aromatic N) is 4. The van der Waals surface area contributed by atoms with Gasteiger partial charge < -0.3 is 18.9 Å². The third kappa shape index (κ3) is 8.57. The monoisotopic (exact) mass is 564 g/mol. The summed E-state index contributed by atoms with van der Waals surface area (Å²) in [6.45, 7) is 11.6. The summed E-state index contributed by atoms with van der Waals surface area (Å²) in [5.74, 6) is -0.689. The van der Waals surface area contributed by atoms with Crippen LogP contribution in [0.2, 0.25) is 0 Å². The molecule has 216 valence electrons. The normalized spacial score (nSPS) is 18.9. The van der Waals surface area contributed by atoms with E-state index in [-0.39, 0.29) is 34.9 Å². The number of carbonyl (C=O) groups excluding carboxylic acids is 1. The Kier molecular flexibility index (Phi) is 9.79. The lowest BCUT2D eigenvalue weighted by molar-refractivity contribution is -0.134. The highest BCUT2D eigenvalue weighted by Gasteiger charge is 2.29. The van der Waals surface area contributed by atoms with Gasteiger partial charge in [-0.2, -0.15) is 0 Å². The Hall–Kier alpha value is -2.34. The maximum absolute atomic E-state index is 13.5. The molecule has 0 radical (unpaired) electrons. The number of ether oxygens (including phenoxy) is 2. The molecule has 1 atom stereocenters. The number of carbonyl (C=O) groups is 1. The molecule has 0 N–H and O–H groups in total. The SMILES string of the molecule is CC(C)(C)CC(=O)N(CCN1CCOCC1)Cc1cnc(S(=O)(=O)Cc2ccc(F)cc2)n1C[C@H]1CCCO1. The standard InChI is InChI=1S/C28H41FN4O5S/c1-28(2,3)17-26(34)32(11-10-31-12-15-37-16-13-31)19-24-18-30-27(33(24)20-25-5-4-14-38-25)39(35,36)21-22-6-8-23(29)9-7-22/h6-9,18,25H,4-5,10-17,19-21H2,1-3H3/t25-/m1/s1. The largest absolute Gasteiger partial charge is 0.379 e. The fourth-order valence-electron chi connectivity index (χ4n) is 4.96. The van der Waals surface area contributed by atoms with Crippen molar-refractivity contribution >= 4 is 15.7 Å². The number of hydrogen-bond acceptors (Lipinski definition) is 7. The van der Waals surface area contributed by atoms with E-state index in [1.165, 1.54) is 24.3 Å². The van der Waals surface area contributed by atoms with Gasteiger partial charge in [0, 0.05) is 39.2 Å². The second kappa shape index (κ2) is 12.9. The van der Waals surface area contributed by atoms with E-state index in [1.54, 1.807) is 10.8 Å². The van der Waals surface area contributed by atoms with Crippen molar-refractivity contribution in [1.29, 1.82) is 0 Å². The van der Waals surface area contributed by atoms with Crippen LogP contribution in [0.25, 0.3) is 0 Å². The fraction of sp³-hybridized carbons (Fsp3) is 0.643. The minimum absolute atomic E-state index is 0.0244. The topological polar surface area (TPSA) is 94.0 Å². The molecule has 0 spiro atoms. The molecule has 39 heavy (non-hydrogen) atoms. The van der Waals surface area contributed by atoms with E-state index in [0.717, 1.165) is 32.5 Å². The van der Waals surface area contributed by atoms with Crippen LogP contribution in [0.4, 0.5) is 4.39 Å². The van der Waals surface area contributed by atoms with Crippen LogP contribution in [0.5, 0.6) is 0 Å². The number of sulfone groups is 1. The van der Waals surface area contributed by atoms with Crippen LogP contribution in [-0.4, -0.2) is 85.8 Å². The van der Waals surface area contributed by atoms with Crippen molar-refractivity contribution in [3.63, 3.8) is 0 Å². The smallest absolute Gasteiger partial charge is 0.228 e. The quantitative estimate of drug-likeness (QED) is 0.414. The second-order valence-electron chi connectivity index (χ2n) is 11.7. The lowest BCUT2D eigenvalue weighted by atomic mass is 9.91. The highest BCUT2D eigenvalue weighted by atomic mass is 32.2. The van der Waals surface area contributed by atoms with Gasteiger partial charge in [-0.05, 0) is 36.0 Å². The summed E-state index contributed by atoms with van der Waals surface area (Å²) >= 11 is 0. The molecule has 2 fully saturated rings. The predicted molar refractivity (Wildman–Crippen MR) is 145 cm³/mol. The van der Waals surface area contributed by atoms with Crippen molar-refractivity contribution in [2.45, 2.75) is 70.1 Å². The molecule has 2 aromatic rings. The zero-order valence-electron chi connectivity index (χ0n) is 23.3. The molecule has 2 aliphatic heterocycles. The Morgan fingerprint density at radius 1 is 1.15 bits per heavy atom. The zero-order valence-corrected chi connectivity index (χ0v) is 24.1. The Balaban J connectivity index is 1.60. The fourth-order valence-corrected chi connectivity index (χ4v) is 6.46. The van der Waals surface area contributed by atoms with Gasteiger partial charge in [0.25, 0.3) is 0 Å². The summed E-state index contributed by atoms with van der Waals surface area (Å²) in [5.41, 5.74) is 0.958. The summed E-state index contributed by atoms with van der Waals surface area (Å²) in [6.07, 6.45) is 3.58. The molecule has 0 saturated carbocycles. The van der Waals surface area contributed by atoms with Crippen LogP contribution in [0.3, 0.4) is 0 Å². The van der Waals surface area contributed by atoms with Crippen molar-refractivity contribution in [3.8, 4) is 0 Å². The Bertz CT molecular complexity index is 1200. The van der Waals surface area contributed by atoms with Crippen molar-refractivity contribution in [1.82, 2.24) is 19.4 Å². The summed E-state index contributed by atoms with van der Waals surface area (Å²) in [6, 6.07) is 5.45. The molecule has 1 aromatic carbocycles. The van der Waals surface area contributed by atoms with Crippen LogP contribution in [0, 0.1) is 11.2 Å². The number of halogens is 1. The molecule has 4 rings (SSSR count). The van der Waals surface area contributed by atoms with Crippen LogP contribution in [-0.2, 0) is 42.9 Å². The maximum Gasteiger partial charge on any atom is 0.228 e. The molecule has 2 aliphatic rings. The molecule has 9 nitrogen and oxygen atoms in total. The summed E-state index contributed by atoms with van der Waals surface area (Å²) < 4.78 is 53.4. The average molecular weight is 565 g/mol. The van der Waals surface area contributed by atoms with Gasteiger partial charge in [0.2, 0.25) is 20.9 Å². The van der Waals surface area contributed by atoms with Crippen LogP contribution in [0.1, 0.15) is 51.3 Å². The van der Waals surface area contributed by atoms with Crippen molar-refractivity contribution in [2.75, 3.05) is 46.0 Å². The first kappa shape index (κ1) is 29.6. The number of benzene rings is 1. The van der Waals surface area contributed by atoms with Crippen LogP contribution >= 0.6 is 0 Å². The van der Waals surface area contributed by atoms with E-state index in [4.69, 9.17) is 9.47 Å². The number of aromatic nitrogens is 2. The Labute approximate surface area is 231 Å². The van der Waals surface area contributed by atoms with Gasteiger partial charge in [-0.1, -0.05) is 32.9 Å². The van der Waals surface area contributed by atoms with Crippen molar-refractivity contribution in [3.05, 3.63) is 47.5 Å². The summed E-state index contributed by atoms with van der Waals surface area (Å²) in [7, 11) is -3.84. The number of morpholine rings is 1. The van der Waals surface area contributed by atoms with Crippen molar-refractivity contribution in [2.24, 2.45) is 5.41 Å². The molecule has 1 aromatic heterocycles. The van der Waals surface area contributed by atoms with Crippen LogP contribution < -0.4 is 0 Å². The molecular weight excluding hydrogens is 523 g/mol. The van der Waals surface area contributed by atoms with Gasteiger partial charge in [0.15, 0.2) is 0 Å². The first-order valence-corrected chi connectivity index (χ1v) is 15.4. The van der Waals surface area contributed by atoms with E-state index >= 15 is 0 Å². The number of amides is 1. The molecule has 1 amide bonds. The van der Waals surface area contributed by atoms with Gasteiger partial charge in [-0.15, -0.1) is 0 Å². The van der Waals surface area contributed by atoms with E-state index < -0.39 is 15.7 Å². The van der Waals surface area contributed by atoms with E-state index in [0.29, 0.717) is 50.6 Å². The summed E-state index contributed by atoms with van der Waals surface area (Å²) in [4.78, 5) is 21.9. The van der Waals surface area contributed by atoms with Gasteiger partial charge in [0.05, 0.1) is 50.1 Å².